The lowest BCUT2D eigenvalue weighted by Gasteiger charge is -2.35. The van der Waals surface area contributed by atoms with E-state index in [2.05, 4.69) is 18.7 Å². The van der Waals surface area contributed by atoms with Crippen LogP contribution in [0.15, 0.2) is 24.3 Å². The molecule has 1 aliphatic rings. The first-order valence-electron chi connectivity index (χ1n) is 8.29. The minimum Gasteiger partial charge on any atom is -0.340 e. The molecule has 0 atom stereocenters. The summed E-state index contributed by atoms with van der Waals surface area (Å²) in [6, 6.07) is 6.32. The molecule has 2 rings (SSSR count). The van der Waals surface area contributed by atoms with Crippen LogP contribution in [-0.4, -0.2) is 48.4 Å². The first-order chi connectivity index (χ1) is 10.5. The van der Waals surface area contributed by atoms with E-state index in [1.807, 2.05) is 11.0 Å². The van der Waals surface area contributed by atoms with Gasteiger partial charge < -0.3 is 4.90 Å². The maximum absolute atomic E-state index is 13.2. The number of amides is 1. The van der Waals surface area contributed by atoms with Crippen molar-refractivity contribution in [1.29, 1.82) is 0 Å². The second-order valence-corrected chi connectivity index (χ2v) is 6.57. The number of halogens is 1. The number of hydrogen-bond acceptors (Lipinski definition) is 2. The summed E-state index contributed by atoms with van der Waals surface area (Å²) in [5, 5.41) is 0. The number of carbonyl (C=O) groups excluding carboxylic acids is 1. The third kappa shape index (κ3) is 5.41. The van der Waals surface area contributed by atoms with Crippen LogP contribution in [0.1, 0.15) is 32.3 Å². The maximum atomic E-state index is 13.2. The second kappa shape index (κ2) is 8.28. The van der Waals surface area contributed by atoms with Gasteiger partial charge in [-0.05, 0) is 43.0 Å². The molecule has 0 N–H and O–H groups in total. The Morgan fingerprint density at radius 2 is 1.95 bits per heavy atom. The third-order valence-electron chi connectivity index (χ3n) is 4.23. The largest absolute Gasteiger partial charge is 0.340 e. The van der Waals surface area contributed by atoms with Gasteiger partial charge in [0.05, 0.1) is 6.42 Å². The Morgan fingerprint density at radius 1 is 1.23 bits per heavy atom. The third-order valence-corrected chi connectivity index (χ3v) is 4.23. The molecule has 1 aromatic carbocycles. The molecule has 0 radical (unpaired) electrons. The monoisotopic (exact) mass is 306 g/mol. The summed E-state index contributed by atoms with van der Waals surface area (Å²) in [4.78, 5) is 16.6. The molecule has 22 heavy (non-hydrogen) atoms. The lowest BCUT2D eigenvalue weighted by atomic mass is 10.1. The highest BCUT2D eigenvalue weighted by Gasteiger charge is 2.20. The number of carbonyl (C=O) groups is 1. The van der Waals surface area contributed by atoms with Crippen molar-refractivity contribution < 1.29 is 9.18 Å². The summed E-state index contributed by atoms with van der Waals surface area (Å²) in [6.45, 7) is 9.11. The van der Waals surface area contributed by atoms with Crippen molar-refractivity contribution in [3.8, 4) is 0 Å². The molecular weight excluding hydrogens is 279 g/mol. The van der Waals surface area contributed by atoms with Crippen molar-refractivity contribution in [2.24, 2.45) is 5.92 Å². The van der Waals surface area contributed by atoms with Gasteiger partial charge in [0.1, 0.15) is 5.82 Å². The quantitative estimate of drug-likeness (QED) is 0.807. The molecule has 0 saturated carbocycles. The van der Waals surface area contributed by atoms with Crippen LogP contribution < -0.4 is 0 Å². The predicted molar refractivity (Wildman–Crippen MR) is 87.2 cm³/mol. The summed E-state index contributed by atoms with van der Waals surface area (Å²) < 4.78 is 13.2. The van der Waals surface area contributed by atoms with Crippen molar-refractivity contribution in [2.75, 3.05) is 32.7 Å². The van der Waals surface area contributed by atoms with Gasteiger partial charge in [-0.2, -0.15) is 0 Å². The zero-order valence-electron chi connectivity index (χ0n) is 13.7. The Labute approximate surface area is 133 Å². The fraction of sp³-hybridized carbons (Fsp3) is 0.611. The Hall–Kier alpha value is -1.42. The smallest absolute Gasteiger partial charge is 0.227 e. The van der Waals surface area contributed by atoms with Crippen LogP contribution in [0.25, 0.3) is 0 Å². The number of benzene rings is 1. The molecule has 122 valence electrons. The summed E-state index contributed by atoms with van der Waals surface area (Å²) in [7, 11) is 0. The fourth-order valence-electron chi connectivity index (χ4n) is 2.88. The van der Waals surface area contributed by atoms with Crippen LogP contribution in [0.4, 0.5) is 4.39 Å². The average molecular weight is 306 g/mol. The van der Waals surface area contributed by atoms with E-state index in [9.17, 15) is 9.18 Å². The van der Waals surface area contributed by atoms with E-state index in [0.29, 0.717) is 6.42 Å². The molecule has 0 spiro atoms. The van der Waals surface area contributed by atoms with Crippen LogP contribution in [0.3, 0.4) is 0 Å². The van der Waals surface area contributed by atoms with E-state index in [0.717, 1.165) is 44.2 Å². The van der Waals surface area contributed by atoms with Crippen LogP contribution in [0.2, 0.25) is 0 Å². The van der Waals surface area contributed by atoms with Crippen molar-refractivity contribution in [3.63, 3.8) is 0 Å². The van der Waals surface area contributed by atoms with Gasteiger partial charge in [0, 0.05) is 26.2 Å². The standard InChI is InChI=1S/C18H27FN2O/c1-15(2)5-4-8-20-9-11-21(12-10-20)18(22)14-16-6-3-7-17(19)13-16/h3,6-7,13,15H,4-5,8-12,14H2,1-2H3. The Kier molecular flexibility index (Phi) is 6.37. The molecule has 0 aliphatic carbocycles. The van der Waals surface area contributed by atoms with Gasteiger partial charge in [0.25, 0.3) is 0 Å². The maximum Gasteiger partial charge on any atom is 0.227 e. The van der Waals surface area contributed by atoms with Gasteiger partial charge in [-0.15, -0.1) is 0 Å². The van der Waals surface area contributed by atoms with Gasteiger partial charge in [-0.1, -0.05) is 26.0 Å². The predicted octanol–water partition coefficient (Wildman–Crippen LogP) is 2.95. The SMILES string of the molecule is CC(C)CCCN1CCN(C(=O)Cc2cccc(F)c2)CC1. The van der Waals surface area contributed by atoms with E-state index in [-0.39, 0.29) is 11.7 Å². The Bertz CT molecular complexity index is 482. The molecule has 3 nitrogen and oxygen atoms in total. The number of hydrogen-bond donors (Lipinski definition) is 0. The van der Waals surface area contributed by atoms with Crippen molar-refractivity contribution in [2.45, 2.75) is 33.1 Å². The fourth-order valence-corrected chi connectivity index (χ4v) is 2.88. The van der Waals surface area contributed by atoms with Gasteiger partial charge in [-0.3, -0.25) is 9.69 Å². The van der Waals surface area contributed by atoms with E-state index in [1.165, 1.54) is 25.0 Å². The zero-order valence-corrected chi connectivity index (χ0v) is 13.7. The molecule has 1 amide bonds. The van der Waals surface area contributed by atoms with E-state index < -0.39 is 0 Å². The molecule has 1 heterocycles. The first kappa shape index (κ1) is 16.9. The molecule has 0 bridgehead atoms. The van der Waals surface area contributed by atoms with E-state index >= 15 is 0 Å². The summed E-state index contributed by atoms with van der Waals surface area (Å²) in [5.41, 5.74) is 0.754. The van der Waals surface area contributed by atoms with E-state index in [1.54, 1.807) is 6.07 Å². The molecule has 0 aromatic heterocycles. The lowest BCUT2D eigenvalue weighted by Crippen LogP contribution is -2.49. The average Bonchev–Trinajstić information content (AvgIpc) is 2.47. The van der Waals surface area contributed by atoms with Gasteiger partial charge in [0.2, 0.25) is 5.91 Å². The molecule has 4 heteroatoms. The molecule has 1 fully saturated rings. The van der Waals surface area contributed by atoms with Crippen molar-refractivity contribution in [3.05, 3.63) is 35.6 Å². The van der Waals surface area contributed by atoms with Gasteiger partial charge in [0.15, 0.2) is 0 Å². The highest BCUT2D eigenvalue weighted by molar-refractivity contribution is 5.78. The normalized spacial score (nSPS) is 16.3. The van der Waals surface area contributed by atoms with Gasteiger partial charge >= 0.3 is 0 Å². The Morgan fingerprint density at radius 3 is 2.59 bits per heavy atom. The van der Waals surface area contributed by atoms with Crippen LogP contribution in [-0.2, 0) is 11.2 Å². The highest BCUT2D eigenvalue weighted by atomic mass is 19.1. The molecule has 1 aliphatic heterocycles. The number of rotatable bonds is 6. The van der Waals surface area contributed by atoms with Crippen molar-refractivity contribution >= 4 is 5.91 Å². The van der Waals surface area contributed by atoms with E-state index in [4.69, 9.17) is 0 Å². The highest BCUT2D eigenvalue weighted by Crippen LogP contribution is 2.10. The van der Waals surface area contributed by atoms with Crippen LogP contribution in [0, 0.1) is 11.7 Å². The van der Waals surface area contributed by atoms with Crippen LogP contribution in [0.5, 0.6) is 0 Å². The number of nitrogens with zero attached hydrogens (tertiary/aromatic N) is 2. The molecule has 1 aromatic rings. The second-order valence-electron chi connectivity index (χ2n) is 6.57. The van der Waals surface area contributed by atoms with Gasteiger partial charge in [-0.25, -0.2) is 4.39 Å². The molecular formula is C18H27FN2O. The topological polar surface area (TPSA) is 23.6 Å². The first-order valence-corrected chi connectivity index (χ1v) is 8.29. The lowest BCUT2D eigenvalue weighted by molar-refractivity contribution is -0.132. The minimum atomic E-state index is -0.278. The van der Waals surface area contributed by atoms with Crippen LogP contribution >= 0.6 is 0 Å². The summed E-state index contributed by atoms with van der Waals surface area (Å²) >= 11 is 0. The van der Waals surface area contributed by atoms with Crippen molar-refractivity contribution in [1.82, 2.24) is 9.80 Å². The number of piperazine rings is 1. The minimum absolute atomic E-state index is 0.104. The zero-order chi connectivity index (χ0) is 15.9. The molecule has 1 saturated heterocycles. The summed E-state index contributed by atoms with van der Waals surface area (Å²) in [5.74, 6) is 0.585. The molecule has 0 unspecified atom stereocenters. The summed E-state index contributed by atoms with van der Waals surface area (Å²) in [6.07, 6.45) is 2.79. The Balaban J connectivity index is 1.73.